The van der Waals surface area contributed by atoms with Gasteiger partial charge in [-0.3, -0.25) is 4.90 Å². The molecular weight excluding hydrogens is 310 g/mol. The van der Waals surface area contributed by atoms with Crippen molar-refractivity contribution in [2.75, 3.05) is 26.3 Å². The lowest BCUT2D eigenvalue weighted by atomic mass is 9.49. The van der Waals surface area contributed by atoms with E-state index >= 15 is 0 Å². The van der Waals surface area contributed by atoms with Crippen LogP contribution in [0.3, 0.4) is 0 Å². The fraction of sp³-hybridized carbons (Fsp3) is 0.636. The van der Waals surface area contributed by atoms with Gasteiger partial charge in [0.1, 0.15) is 0 Å². The van der Waals surface area contributed by atoms with Crippen molar-refractivity contribution in [2.24, 2.45) is 17.3 Å². The largest absolute Gasteiger partial charge is 0.389 e. The Balaban J connectivity index is 1.21. The van der Waals surface area contributed by atoms with Gasteiger partial charge in [-0.15, -0.1) is 0 Å². The van der Waals surface area contributed by atoms with Gasteiger partial charge >= 0.3 is 0 Å². The molecule has 1 aromatic rings. The molecule has 0 unspecified atom stereocenters. The Labute approximate surface area is 151 Å². The number of nitrogens with zero attached hydrogens (tertiary/aromatic N) is 1. The highest BCUT2D eigenvalue weighted by Gasteiger charge is 2.50. The van der Waals surface area contributed by atoms with Gasteiger partial charge in [0.15, 0.2) is 0 Å². The zero-order chi connectivity index (χ0) is 17.4. The molecule has 0 saturated heterocycles. The van der Waals surface area contributed by atoms with E-state index in [-0.39, 0.29) is 0 Å². The number of allylic oxidation sites excluding steroid dienone is 1. The fourth-order valence-electron chi connectivity index (χ4n) is 5.01. The molecule has 1 heterocycles. The summed E-state index contributed by atoms with van der Waals surface area (Å²) in [5.74, 6) is 1.57. The third-order valence-corrected chi connectivity index (χ3v) is 6.84. The Morgan fingerprint density at radius 1 is 1.28 bits per heavy atom. The maximum absolute atomic E-state index is 10.4. The standard InChI is InChI=1S/C22H31NO2/c1-22(2)19-8-7-18(21(22)11-19)14-25-15-20(24)13-23-10-9-16-5-3-4-6-17(16)12-23/h3-7,19-21,24H,8-15H2,1-2H3/t19-,20+,21-/m1/s1. The Hall–Kier alpha value is -1.16. The number of benzene rings is 1. The molecule has 1 aliphatic heterocycles. The smallest absolute Gasteiger partial charge is 0.0900 e. The molecular formula is C22H31NO2. The topological polar surface area (TPSA) is 32.7 Å². The second-order valence-corrected chi connectivity index (χ2v) is 8.74. The maximum atomic E-state index is 10.4. The molecule has 3 heteroatoms. The molecule has 0 spiro atoms. The van der Waals surface area contributed by atoms with Crippen LogP contribution in [0.2, 0.25) is 0 Å². The van der Waals surface area contributed by atoms with E-state index < -0.39 is 6.10 Å². The predicted octanol–water partition coefficient (Wildman–Crippen LogP) is 3.41. The average molecular weight is 341 g/mol. The first-order chi connectivity index (χ1) is 12.0. The van der Waals surface area contributed by atoms with Crippen LogP contribution < -0.4 is 0 Å². The monoisotopic (exact) mass is 341 g/mol. The highest BCUT2D eigenvalue weighted by atomic mass is 16.5. The molecule has 1 aromatic carbocycles. The minimum atomic E-state index is -0.406. The third kappa shape index (κ3) is 3.42. The summed E-state index contributed by atoms with van der Waals surface area (Å²) in [4.78, 5) is 2.34. The molecule has 0 aromatic heterocycles. The predicted molar refractivity (Wildman–Crippen MR) is 100 cm³/mol. The van der Waals surface area contributed by atoms with Gasteiger partial charge < -0.3 is 9.84 Å². The average Bonchev–Trinajstić information content (AvgIpc) is 2.61. The first kappa shape index (κ1) is 17.3. The Morgan fingerprint density at radius 2 is 2.08 bits per heavy atom. The van der Waals surface area contributed by atoms with Gasteiger partial charge in [0.25, 0.3) is 0 Å². The minimum Gasteiger partial charge on any atom is -0.389 e. The lowest BCUT2D eigenvalue weighted by molar-refractivity contribution is -0.0265. The Kier molecular flexibility index (Phi) is 4.74. The van der Waals surface area contributed by atoms with Gasteiger partial charge in [-0.25, -0.2) is 0 Å². The normalized spacial score (nSPS) is 28.7. The lowest BCUT2D eigenvalue weighted by Crippen LogP contribution is -2.48. The molecule has 2 bridgehead atoms. The van der Waals surface area contributed by atoms with Crippen molar-refractivity contribution in [3.05, 3.63) is 47.0 Å². The first-order valence-corrected chi connectivity index (χ1v) is 9.78. The van der Waals surface area contributed by atoms with Crippen molar-refractivity contribution < 1.29 is 9.84 Å². The summed E-state index contributed by atoms with van der Waals surface area (Å²) in [5, 5.41) is 10.4. The van der Waals surface area contributed by atoms with Crippen LogP contribution in [-0.2, 0) is 17.7 Å². The molecule has 3 atom stereocenters. The van der Waals surface area contributed by atoms with Gasteiger partial charge in [0.2, 0.25) is 0 Å². The number of hydrogen-bond donors (Lipinski definition) is 1. The van der Waals surface area contributed by atoms with Crippen molar-refractivity contribution in [3.8, 4) is 0 Å². The van der Waals surface area contributed by atoms with Crippen LogP contribution in [0.5, 0.6) is 0 Å². The van der Waals surface area contributed by atoms with Gasteiger partial charge in [-0.2, -0.15) is 0 Å². The zero-order valence-electron chi connectivity index (χ0n) is 15.6. The quantitative estimate of drug-likeness (QED) is 0.805. The van der Waals surface area contributed by atoms with E-state index in [4.69, 9.17) is 4.74 Å². The first-order valence-electron chi connectivity index (χ1n) is 9.78. The van der Waals surface area contributed by atoms with E-state index in [2.05, 4.69) is 49.1 Å². The molecule has 136 valence electrons. The number of aliphatic hydroxyl groups is 1. The molecule has 1 N–H and O–H groups in total. The summed E-state index contributed by atoms with van der Waals surface area (Å²) in [5.41, 5.74) is 4.77. The van der Waals surface area contributed by atoms with Crippen molar-refractivity contribution in [1.82, 2.24) is 4.90 Å². The number of β-amino-alcohol motifs (C(OH)–C–C–N with tert-alkyl or cyclic N) is 1. The van der Waals surface area contributed by atoms with E-state index in [0.717, 1.165) is 25.4 Å². The number of ether oxygens (including phenoxy) is 1. The molecule has 3 aliphatic carbocycles. The van der Waals surface area contributed by atoms with Crippen LogP contribution in [0.4, 0.5) is 0 Å². The summed E-state index contributed by atoms with van der Waals surface area (Å²) in [6.07, 6.45) is 5.60. The highest BCUT2D eigenvalue weighted by molar-refractivity contribution is 5.29. The summed E-state index contributed by atoms with van der Waals surface area (Å²) in [6.45, 7) is 8.58. The van der Waals surface area contributed by atoms with E-state index in [1.807, 2.05) is 0 Å². The van der Waals surface area contributed by atoms with Crippen LogP contribution in [0.1, 0.15) is 37.8 Å². The van der Waals surface area contributed by atoms with Crippen molar-refractivity contribution in [3.63, 3.8) is 0 Å². The van der Waals surface area contributed by atoms with Gasteiger partial charge in [0.05, 0.1) is 19.3 Å². The Morgan fingerprint density at radius 3 is 2.84 bits per heavy atom. The summed E-state index contributed by atoms with van der Waals surface area (Å²) >= 11 is 0. The maximum Gasteiger partial charge on any atom is 0.0900 e. The second kappa shape index (κ2) is 6.86. The molecule has 0 radical (unpaired) electrons. The Bertz CT molecular complexity index is 651. The number of aliphatic hydroxyl groups excluding tert-OH is 1. The summed E-state index contributed by atoms with van der Waals surface area (Å²) < 4.78 is 5.89. The third-order valence-electron chi connectivity index (χ3n) is 6.84. The van der Waals surface area contributed by atoms with E-state index in [9.17, 15) is 5.11 Å². The van der Waals surface area contributed by atoms with Crippen LogP contribution in [-0.4, -0.2) is 42.4 Å². The molecule has 1 fully saturated rings. The SMILES string of the molecule is CC1(C)[C@@H]2CC=C(COC[C@@H](O)CN3CCc4ccccc4C3)[C@H]1C2. The molecule has 1 saturated carbocycles. The molecule has 5 rings (SSSR count). The van der Waals surface area contributed by atoms with E-state index in [1.165, 1.54) is 29.5 Å². The van der Waals surface area contributed by atoms with Gasteiger partial charge in [-0.1, -0.05) is 44.2 Å². The fourth-order valence-corrected chi connectivity index (χ4v) is 5.01. The van der Waals surface area contributed by atoms with Crippen LogP contribution in [0.15, 0.2) is 35.9 Å². The summed E-state index contributed by atoms with van der Waals surface area (Å²) in [6, 6.07) is 8.64. The molecule has 3 nitrogen and oxygen atoms in total. The van der Waals surface area contributed by atoms with E-state index in [0.29, 0.717) is 31.1 Å². The zero-order valence-corrected chi connectivity index (χ0v) is 15.6. The van der Waals surface area contributed by atoms with Crippen LogP contribution in [0, 0.1) is 17.3 Å². The lowest BCUT2D eigenvalue weighted by Gasteiger charge is -2.56. The van der Waals surface area contributed by atoms with Crippen molar-refractivity contribution in [1.29, 1.82) is 0 Å². The van der Waals surface area contributed by atoms with Crippen LogP contribution in [0.25, 0.3) is 0 Å². The van der Waals surface area contributed by atoms with Crippen LogP contribution >= 0.6 is 0 Å². The molecule has 25 heavy (non-hydrogen) atoms. The summed E-state index contributed by atoms with van der Waals surface area (Å²) in [7, 11) is 0. The van der Waals surface area contributed by atoms with Gasteiger partial charge in [-0.05, 0) is 53.2 Å². The number of fused-ring (bicyclic) bond motifs is 2. The highest BCUT2D eigenvalue weighted by Crippen LogP contribution is 2.59. The minimum absolute atomic E-state index is 0.406. The second-order valence-electron chi connectivity index (χ2n) is 8.74. The van der Waals surface area contributed by atoms with Crippen molar-refractivity contribution in [2.45, 2.75) is 45.8 Å². The molecule has 0 amide bonds. The van der Waals surface area contributed by atoms with E-state index in [1.54, 1.807) is 0 Å². The number of rotatable bonds is 6. The molecule has 4 aliphatic rings. The van der Waals surface area contributed by atoms with Gasteiger partial charge in [0, 0.05) is 19.6 Å². The van der Waals surface area contributed by atoms with Crippen molar-refractivity contribution >= 4 is 0 Å². The number of hydrogen-bond acceptors (Lipinski definition) is 3.